The summed E-state index contributed by atoms with van der Waals surface area (Å²) in [6, 6.07) is 8.67. The fourth-order valence-electron chi connectivity index (χ4n) is 6.57. The van der Waals surface area contributed by atoms with Crippen LogP contribution in [0.4, 0.5) is 10.6 Å². The zero-order valence-corrected chi connectivity index (χ0v) is 22.6. The van der Waals surface area contributed by atoms with Crippen molar-refractivity contribution in [1.82, 2.24) is 29.9 Å². The highest BCUT2D eigenvalue weighted by Crippen LogP contribution is 2.39. The number of aromatic nitrogens is 5. The minimum Gasteiger partial charge on any atom is -0.465 e. The molecule has 3 aromatic heterocycles. The lowest BCUT2D eigenvalue weighted by Crippen LogP contribution is -2.51. The lowest BCUT2D eigenvalue weighted by molar-refractivity contribution is -0.0394. The Labute approximate surface area is 230 Å². The van der Waals surface area contributed by atoms with Gasteiger partial charge < -0.3 is 19.6 Å². The molecule has 0 saturated carbocycles. The van der Waals surface area contributed by atoms with Gasteiger partial charge in [-0.2, -0.15) is 5.10 Å². The normalized spacial score (nSPS) is 24.8. The Kier molecular flexibility index (Phi) is 6.19. The summed E-state index contributed by atoms with van der Waals surface area (Å²) in [6.07, 6.45) is 9.96. The van der Waals surface area contributed by atoms with Crippen molar-refractivity contribution >= 4 is 33.5 Å². The van der Waals surface area contributed by atoms with E-state index in [1.54, 1.807) is 16.2 Å². The fraction of sp³-hybridized carbons (Fsp3) is 0.464. The maximum atomic E-state index is 11.7. The molecule has 3 aliphatic rings. The van der Waals surface area contributed by atoms with Crippen LogP contribution < -0.4 is 4.90 Å². The van der Waals surface area contributed by atoms with Gasteiger partial charge in [-0.1, -0.05) is 12.1 Å². The van der Waals surface area contributed by atoms with Gasteiger partial charge in [0, 0.05) is 54.7 Å². The summed E-state index contributed by atoms with van der Waals surface area (Å²) in [5.41, 5.74) is 6.69. The molecule has 3 aliphatic heterocycles. The van der Waals surface area contributed by atoms with Crippen molar-refractivity contribution in [2.75, 3.05) is 18.6 Å². The summed E-state index contributed by atoms with van der Waals surface area (Å²) in [4.78, 5) is 20.2. The minimum atomic E-state index is -0.791. The number of rotatable bonds is 5. The van der Waals surface area contributed by atoms with Crippen LogP contribution in [0.5, 0.6) is 0 Å². The van der Waals surface area contributed by atoms with E-state index in [1.165, 1.54) is 0 Å². The first kappa shape index (κ1) is 24.5. The quantitative estimate of drug-likeness (QED) is 0.354. The Morgan fingerprint density at radius 2 is 1.90 bits per heavy atom. The summed E-state index contributed by atoms with van der Waals surface area (Å²) >= 11 is 1.60. The number of anilines is 1. The molecule has 1 N–H and O–H groups in total. The van der Waals surface area contributed by atoms with Crippen LogP contribution in [0.3, 0.4) is 0 Å². The van der Waals surface area contributed by atoms with Crippen LogP contribution in [0.15, 0.2) is 42.2 Å². The molecule has 0 spiro atoms. The van der Waals surface area contributed by atoms with Crippen LogP contribution in [0.25, 0.3) is 32.6 Å². The zero-order valence-electron chi connectivity index (χ0n) is 21.8. The van der Waals surface area contributed by atoms with E-state index in [1.807, 2.05) is 35.6 Å². The largest absolute Gasteiger partial charge is 0.465 e. The monoisotopic (exact) mass is 545 g/mol. The van der Waals surface area contributed by atoms with Crippen LogP contribution in [-0.2, 0) is 4.74 Å². The van der Waals surface area contributed by atoms with Crippen molar-refractivity contribution in [3.8, 4) is 22.4 Å². The second-order valence-electron chi connectivity index (χ2n) is 10.8. The summed E-state index contributed by atoms with van der Waals surface area (Å²) in [5, 5.41) is 23.4. The smallest absolute Gasteiger partial charge is 0.407 e. The van der Waals surface area contributed by atoms with Crippen molar-refractivity contribution in [3.63, 3.8) is 0 Å². The second-order valence-corrected chi connectivity index (χ2v) is 11.7. The van der Waals surface area contributed by atoms with Crippen LogP contribution in [0.1, 0.15) is 51.2 Å². The van der Waals surface area contributed by atoms with Gasteiger partial charge in [0.1, 0.15) is 6.23 Å². The highest BCUT2D eigenvalue weighted by atomic mass is 32.1. The molecule has 202 valence electrons. The highest BCUT2D eigenvalue weighted by Gasteiger charge is 2.44. The number of thiazole rings is 1. The molecular formula is C28H31N7O3S. The van der Waals surface area contributed by atoms with Gasteiger partial charge in [-0.05, 0) is 57.1 Å². The molecule has 7 rings (SSSR count). The number of amides is 1. The number of nitrogens with zero attached hydrogens (tertiary/aromatic N) is 7. The number of ether oxygens (including phenoxy) is 1. The van der Waals surface area contributed by atoms with E-state index in [-0.39, 0.29) is 24.4 Å². The third kappa shape index (κ3) is 4.33. The molecule has 3 fully saturated rings. The van der Waals surface area contributed by atoms with Gasteiger partial charge in [-0.3, -0.25) is 0 Å². The van der Waals surface area contributed by atoms with E-state index in [9.17, 15) is 9.90 Å². The summed E-state index contributed by atoms with van der Waals surface area (Å²) in [6.45, 7) is 0.783. The Morgan fingerprint density at radius 1 is 1.08 bits per heavy atom. The van der Waals surface area contributed by atoms with Crippen molar-refractivity contribution in [2.24, 2.45) is 0 Å². The van der Waals surface area contributed by atoms with Crippen molar-refractivity contribution < 1.29 is 14.6 Å². The molecule has 39 heavy (non-hydrogen) atoms. The number of carbonyl (C=O) groups is 1. The van der Waals surface area contributed by atoms with Gasteiger partial charge >= 0.3 is 6.09 Å². The van der Waals surface area contributed by atoms with E-state index in [0.29, 0.717) is 0 Å². The predicted octanol–water partition coefficient (Wildman–Crippen LogP) is 5.43. The number of carboxylic acid groups (broad SMARTS) is 1. The zero-order chi connectivity index (χ0) is 26.5. The lowest BCUT2D eigenvalue weighted by atomic mass is 9.96. The topological polar surface area (TPSA) is 110 Å². The Bertz CT molecular complexity index is 1480. The number of hydrogen-bond acceptors (Lipinski definition) is 8. The van der Waals surface area contributed by atoms with Crippen LogP contribution in [0, 0.1) is 0 Å². The molecule has 10 nitrogen and oxygen atoms in total. The molecule has 3 saturated heterocycles. The van der Waals surface area contributed by atoms with Crippen molar-refractivity contribution in [1.29, 1.82) is 0 Å². The van der Waals surface area contributed by atoms with Crippen LogP contribution in [-0.4, -0.2) is 72.8 Å². The first-order valence-electron chi connectivity index (χ1n) is 13.7. The molecule has 11 heteroatoms. The Hall–Kier alpha value is -3.57. The molecular weight excluding hydrogens is 514 g/mol. The molecule has 0 radical (unpaired) electrons. The van der Waals surface area contributed by atoms with Gasteiger partial charge in [-0.25, -0.2) is 14.5 Å². The first-order chi connectivity index (χ1) is 19.1. The Morgan fingerprint density at radius 3 is 2.62 bits per heavy atom. The maximum absolute atomic E-state index is 11.7. The SMILES string of the molecule is CN(c1ccc(-c2ccc(-c3cnn(C4CCCCO4)c3)c3ncsc23)nn1)C1CC2CCC(C1)N2C(=O)O. The van der Waals surface area contributed by atoms with Crippen molar-refractivity contribution in [2.45, 2.75) is 69.3 Å². The maximum Gasteiger partial charge on any atom is 0.407 e. The van der Waals surface area contributed by atoms with Gasteiger partial charge in [0.25, 0.3) is 0 Å². The summed E-state index contributed by atoms with van der Waals surface area (Å²) in [5.74, 6) is 0.807. The van der Waals surface area contributed by atoms with Gasteiger partial charge in [0.2, 0.25) is 0 Å². The third-order valence-electron chi connectivity index (χ3n) is 8.61. The molecule has 1 amide bonds. The van der Waals surface area contributed by atoms with Crippen LogP contribution >= 0.6 is 11.3 Å². The summed E-state index contributed by atoms with van der Waals surface area (Å²) < 4.78 is 8.90. The minimum absolute atomic E-state index is 0.00416. The second kappa shape index (κ2) is 9.87. The van der Waals surface area contributed by atoms with Crippen molar-refractivity contribution in [3.05, 3.63) is 42.2 Å². The molecule has 6 heterocycles. The van der Waals surface area contributed by atoms with Crippen LogP contribution in [0.2, 0.25) is 0 Å². The molecule has 3 atom stereocenters. The molecule has 0 aliphatic carbocycles. The molecule has 2 bridgehead atoms. The average molecular weight is 546 g/mol. The van der Waals surface area contributed by atoms with E-state index in [4.69, 9.17) is 9.72 Å². The third-order valence-corrected chi connectivity index (χ3v) is 9.47. The highest BCUT2D eigenvalue weighted by molar-refractivity contribution is 7.17. The van der Waals surface area contributed by atoms with E-state index in [2.05, 4.69) is 38.5 Å². The van der Waals surface area contributed by atoms with E-state index >= 15 is 0 Å². The fourth-order valence-corrected chi connectivity index (χ4v) is 7.41. The van der Waals surface area contributed by atoms with Gasteiger partial charge in [0.15, 0.2) is 5.82 Å². The number of piperidine rings is 1. The van der Waals surface area contributed by atoms with Gasteiger partial charge in [-0.15, -0.1) is 21.5 Å². The lowest BCUT2D eigenvalue weighted by Gasteiger charge is -2.41. The van der Waals surface area contributed by atoms with Gasteiger partial charge in [0.05, 0.1) is 27.6 Å². The van der Waals surface area contributed by atoms with E-state index < -0.39 is 6.09 Å². The average Bonchev–Trinajstić information content (AvgIpc) is 3.71. The number of benzene rings is 1. The number of fused-ring (bicyclic) bond motifs is 3. The van der Waals surface area contributed by atoms with E-state index in [0.717, 1.165) is 90.0 Å². The standard InChI is InChI=1S/C28H31N7O3S/c1-33(20-12-18-5-6-19(13-20)35(18)28(36)37)24-10-9-23(31-32-24)22-8-7-21(26-27(22)39-16-29-26)17-14-30-34(15-17)25-4-2-3-11-38-25/h7-10,14-16,18-20,25H,2-6,11-13H2,1H3,(H,36,37). The Balaban J connectivity index is 1.12. The number of hydrogen-bond donors (Lipinski definition) is 1. The predicted molar refractivity (Wildman–Crippen MR) is 149 cm³/mol. The first-order valence-corrected chi connectivity index (χ1v) is 14.6. The molecule has 3 unspecified atom stereocenters. The molecule has 1 aromatic carbocycles. The molecule has 4 aromatic rings. The summed E-state index contributed by atoms with van der Waals surface area (Å²) in [7, 11) is 2.04.